The number of rotatable bonds is 6. The number of likely N-dealkylation sites (tertiary alicyclic amines) is 1. The SMILES string of the molecule is O=C(NCCN1CCC[C@H](CO)C1)N1CCCN(Cc2ccccn2)CC1. The van der Waals surface area contributed by atoms with Crippen LogP contribution in [-0.2, 0) is 6.54 Å². The summed E-state index contributed by atoms with van der Waals surface area (Å²) in [6.45, 7) is 8.11. The molecule has 7 heteroatoms. The summed E-state index contributed by atoms with van der Waals surface area (Å²) in [6.07, 6.45) is 5.07. The molecule has 0 bridgehead atoms. The summed E-state index contributed by atoms with van der Waals surface area (Å²) >= 11 is 0. The average molecular weight is 376 g/mol. The van der Waals surface area contributed by atoms with E-state index >= 15 is 0 Å². The van der Waals surface area contributed by atoms with Crippen molar-refractivity contribution in [3.63, 3.8) is 0 Å². The molecule has 0 aromatic carbocycles. The zero-order valence-electron chi connectivity index (χ0n) is 16.2. The van der Waals surface area contributed by atoms with Crippen LogP contribution in [0.25, 0.3) is 0 Å². The molecule has 2 N–H and O–H groups in total. The monoisotopic (exact) mass is 375 g/mol. The standard InChI is InChI=1S/C20H33N5O2/c26-17-18-5-3-9-23(15-18)12-8-22-20(27)25-11-4-10-24(13-14-25)16-19-6-1-2-7-21-19/h1-2,6-7,18,26H,3-5,8-17H2,(H,22,27)/t18-/m0/s1. The topological polar surface area (TPSA) is 71.9 Å². The molecule has 1 atom stereocenters. The van der Waals surface area contributed by atoms with Gasteiger partial charge < -0.3 is 20.2 Å². The zero-order valence-corrected chi connectivity index (χ0v) is 16.2. The minimum Gasteiger partial charge on any atom is -0.396 e. The summed E-state index contributed by atoms with van der Waals surface area (Å²) < 4.78 is 0. The Bertz CT molecular complexity index is 571. The van der Waals surface area contributed by atoms with Gasteiger partial charge in [-0.1, -0.05) is 6.07 Å². The Hall–Kier alpha value is -1.70. The molecule has 2 aliphatic rings. The number of aliphatic hydroxyl groups excluding tert-OH is 1. The van der Waals surface area contributed by atoms with Crippen LogP contribution in [0.1, 0.15) is 25.0 Å². The molecule has 0 unspecified atom stereocenters. The van der Waals surface area contributed by atoms with Crippen LogP contribution in [0.4, 0.5) is 4.79 Å². The summed E-state index contributed by atoms with van der Waals surface area (Å²) in [7, 11) is 0. The lowest BCUT2D eigenvalue weighted by Gasteiger charge is -2.32. The maximum Gasteiger partial charge on any atom is 0.317 e. The van der Waals surface area contributed by atoms with Crippen molar-refractivity contribution in [3.8, 4) is 0 Å². The first kappa shape index (κ1) is 20.0. The Morgan fingerprint density at radius 2 is 2.04 bits per heavy atom. The zero-order chi connectivity index (χ0) is 18.9. The van der Waals surface area contributed by atoms with Crippen molar-refractivity contribution in [2.24, 2.45) is 5.92 Å². The van der Waals surface area contributed by atoms with E-state index in [1.165, 1.54) is 0 Å². The maximum atomic E-state index is 12.5. The molecule has 7 nitrogen and oxygen atoms in total. The van der Waals surface area contributed by atoms with Crippen LogP contribution in [0.2, 0.25) is 0 Å². The van der Waals surface area contributed by atoms with Gasteiger partial charge in [-0.2, -0.15) is 0 Å². The van der Waals surface area contributed by atoms with Gasteiger partial charge >= 0.3 is 6.03 Å². The molecule has 2 amide bonds. The molecule has 0 aliphatic carbocycles. The second-order valence-electron chi connectivity index (χ2n) is 7.66. The fourth-order valence-electron chi connectivity index (χ4n) is 3.99. The highest BCUT2D eigenvalue weighted by atomic mass is 16.3. The van der Waals surface area contributed by atoms with Gasteiger partial charge in [0, 0.05) is 65.2 Å². The molecule has 27 heavy (non-hydrogen) atoms. The number of piperidine rings is 1. The van der Waals surface area contributed by atoms with E-state index in [9.17, 15) is 9.90 Å². The fourth-order valence-corrected chi connectivity index (χ4v) is 3.99. The smallest absolute Gasteiger partial charge is 0.317 e. The van der Waals surface area contributed by atoms with Gasteiger partial charge in [-0.3, -0.25) is 9.88 Å². The normalized spacial score (nSPS) is 22.4. The van der Waals surface area contributed by atoms with Crippen molar-refractivity contribution in [2.75, 3.05) is 59.0 Å². The van der Waals surface area contributed by atoms with Gasteiger partial charge in [-0.05, 0) is 43.9 Å². The first-order valence-electron chi connectivity index (χ1n) is 10.2. The van der Waals surface area contributed by atoms with Gasteiger partial charge in [0.25, 0.3) is 0 Å². The highest BCUT2D eigenvalue weighted by Gasteiger charge is 2.21. The molecule has 1 aromatic rings. The third kappa shape index (κ3) is 6.45. The predicted molar refractivity (Wildman–Crippen MR) is 105 cm³/mol. The number of urea groups is 1. The number of aromatic nitrogens is 1. The Kier molecular flexibility index (Phi) is 7.86. The lowest BCUT2D eigenvalue weighted by molar-refractivity contribution is 0.120. The van der Waals surface area contributed by atoms with Gasteiger partial charge in [-0.15, -0.1) is 0 Å². The molecular formula is C20H33N5O2. The van der Waals surface area contributed by atoms with E-state index in [1.54, 1.807) is 0 Å². The van der Waals surface area contributed by atoms with Gasteiger partial charge in [0.15, 0.2) is 0 Å². The van der Waals surface area contributed by atoms with Crippen molar-refractivity contribution < 1.29 is 9.90 Å². The molecule has 0 saturated carbocycles. The number of carbonyl (C=O) groups excluding carboxylic acids is 1. The number of pyridine rings is 1. The van der Waals surface area contributed by atoms with E-state index in [4.69, 9.17) is 0 Å². The van der Waals surface area contributed by atoms with Crippen LogP contribution in [0.3, 0.4) is 0 Å². The molecule has 2 fully saturated rings. The first-order chi connectivity index (χ1) is 13.2. The van der Waals surface area contributed by atoms with Gasteiger partial charge in [-0.25, -0.2) is 4.79 Å². The van der Waals surface area contributed by atoms with E-state index in [2.05, 4.69) is 26.2 Å². The minimum absolute atomic E-state index is 0.0467. The molecule has 0 radical (unpaired) electrons. The highest BCUT2D eigenvalue weighted by Crippen LogP contribution is 2.15. The molecule has 1 aromatic heterocycles. The number of hydrogen-bond donors (Lipinski definition) is 2. The van der Waals surface area contributed by atoms with Crippen molar-refractivity contribution in [1.82, 2.24) is 25.0 Å². The number of hydrogen-bond acceptors (Lipinski definition) is 5. The summed E-state index contributed by atoms with van der Waals surface area (Å²) in [6, 6.07) is 6.05. The van der Waals surface area contributed by atoms with Crippen LogP contribution < -0.4 is 5.32 Å². The molecule has 2 saturated heterocycles. The predicted octanol–water partition coefficient (Wildman–Crippen LogP) is 1.00. The van der Waals surface area contributed by atoms with E-state index < -0.39 is 0 Å². The molecule has 0 spiro atoms. The maximum absolute atomic E-state index is 12.5. The third-order valence-corrected chi connectivity index (χ3v) is 5.55. The van der Waals surface area contributed by atoms with Crippen molar-refractivity contribution in [3.05, 3.63) is 30.1 Å². The minimum atomic E-state index is 0.0467. The lowest BCUT2D eigenvalue weighted by atomic mass is 9.99. The molecule has 150 valence electrons. The Morgan fingerprint density at radius 1 is 1.15 bits per heavy atom. The van der Waals surface area contributed by atoms with E-state index in [1.807, 2.05) is 23.2 Å². The van der Waals surface area contributed by atoms with Crippen LogP contribution in [0, 0.1) is 5.92 Å². The van der Waals surface area contributed by atoms with Gasteiger partial charge in [0.05, 0.1) is 5.69 Å². The van der Waals surface area contributed by atoms with Crippen LogP contribution in [-0.4, -0.2) is 89.8 Å². The quantitative estimate of drug-likeness (QED) is 0.776. The molecular weight excluding hydrogens is 342 g/mol. The van der Waals surface area contributed by atoms with Crippen molar-refractivity contribution >= 4 is 6.03 Å². The summed E-state index contributed by atoms with van der Waals surface area (Å²) in [5, 5.41) is 12.4. The second kappa shape index (κ2) is 10.6. The van der Waals surface area contributed by atoms with Crippen LogP contribution >= 0.6 is 0 Å². The van der Waals surface area contributed by atoms with Crippen molar-refractivity contribution in [1.29, 1.82) is 0 Å². The molecule has 3 heterocycles. The molecule has 2 aliphatic heterocycles. The third-order valence-electron chi connectivity index (χ3n) is 5.55. The van der Waals surface area contributed by atoms with Crippen LogP contribution in [0.5, 0.6) is 0 Å². The Balaban J connectivity index is 1.36. The number of aliphatic hydroxyl groups is 1. The second-order valence-corrected chi connectivity index (χ2v) is 7.66. The number of nitrogens with zero attached hydrogens (tertiary/aromatic N) is 4. The summed E-state index contributed by atoms with van der Waals surface area (Å²) in [5.41, 5.74) is 1.08. The van der Waals surface area contributed by atoms with Crippen LogP contribution in [0.15, 0.2) is 24.4 Å². The van der Waals surface area contributed by atoms with E-state index in [0.29, 0.717) is 12.5 Å². The van der Waals surface area contributed by atoms with Crippen molar-refractivity contribution in [2.45, 2.75) is 25.8 Å². The lowest BCUT2D eigenvalue weighted by Crippen LogP contribution is -2.46. The Morgan fingerprint density at radius 3 is 2.85 bits per heavy atom. The van der Waals surface area contributed by atoms with E-state index in [0.717, 1.165) is 77.3 Å². The number of amides is 2. The van der Waals surface area contributed by atoms with Gasteiger partial charge in [0.2, 0.25) is 0 Å². The molecule has 3 rings (SSSR count). The summed E-state index contributed by atoms with van der Waals surface area (Å²) in [5.74, 6) is 0.394. The summed E-state index contributed by atoms with van der Waals surface area (Å²) in [4.78, 5) is 23.6. The largest absolute Gasteiger partial charge is 0.396 e. The fraction of sp³-hybridized carbons (Fsp3) is 0.700. The Labute approximate surface area is 162 Å². The average Bonchev–Trinajstić information content (AvgIpc) is 2.94. The number of nitrogens with one attached hydrogen (secondary N) is 1. The highest BCUT2D eigenvalue weighted by molar-refractivity contribution is 5.74. The van der Waals surface area contributed by atoms with E-state index in [-0.39, 0.29) is 12.6 Å². The number of carbonyl (C=O) groups is 1. The first-order valence-corrected chi connectivity index (χ1v) is 10.2. The van der Waals surface area contributed by atoms with Gasteiger partial charge in [0.1, 0.15) is 0 Å².